The van der Waals surface area contributed by atoms with Crippen molar-refractivity contribution in [1.82, 2.24) is 10.2 Å². The van der Waals surface area contributed by atoms with E-state index in [-0.39, 0.29) is 12.1 Å². The molecule has 1 saturated carbocycles. The van der Waals surface area contributed by atoms with E-state index in [4.69, 9.17) is 0 Å². The van der Waals surface area contributed by atoms with Crippen LogP contribution in [0.15, 0.2) is 18.2 Å². The Kier molecular flexibility index (Phi) is 3.69. The van der Waals surface area contributed by atoms with Gasteiger partial charge in [-0.05, 0) is 37.0 Å². The van der Waals surface area contributed by atoms with E-state index in [1.165, 1.54) is 6.07 Å². The molecule has 1 unspecified atom stereocenters. The van der Waals surface area contributed by atoms with Gasteiger partial charge in [-0.15, -0.1) is 0 Å². The predicted molar refractivity (Wildman–Crippen MR) is 75.4 cm³/mol. The van der Waals surface area contributed by atoms with Crippen LogP contribution in [0.4, 0.5) is 8.78 Å². The minimum absolute atomic E-state index is 0.105. The van der Waals surface area contributed by atoms with Gasteiger partial charge in [0.2, 0.25) is 5.91 Å². The number of rotatable bonds is 5. The normalized spacial score (nSPS) is 23.1. The molecule has 0 aromatic heterocycles. The van der Waals surface area contributed by atoms with Crippen molar-refractivity contribution < 1.29 is 13.6 Å². The third kappa shape index (κ3) is 2.55. The maximum Gasteiger partial charge on any atom is 0.244 e. The molecule has 0 bridgehead atoms. The highest BCUT2D eigenvalue weighted by Crippen LogP contribution is 2.46. The van der Waals surface area contributed by atoms with Gasteiger partial charge in [-0.25, -0.2) is 8.78 Å². The summed E-state index contributed by atoms with van der Waals surface area (Å²) in [4.78, 5) is 14.3. The molecule has 21 heavy (non-hydrogen) atoms. The Balaban J connectivity index is 1.83. The molecule has 3 rings (SSSR count). The van der Waals surface area contributed by atoms with Gasteiger partial charge in [0.25, 0.3) is 0 Å². The van der Waals surface area contributed by atoms with Crippen molar-refractivity contribution in [2.24, 2.45) is 0 Å². The van der Waals surface area contributed by atoms with Gasteiger partial charge >= 0.3 is 0 Å². The number of benzene rings is 1. The molecular weight excluding hydrogens is 274 g/mol. The highest BCUT2D eigenvalue weighted by molar-refractivity contribution is 5.92. The van der Waals surface area contributed by atoms with Crippen molar-refractivity contribution in [2.45, 2.75) is 50.7 Å². The molecule has 3 nitrogen and oxygen atoms in total. The van der Waals surface area contributed by atoms with Crippen molar-refractivity contribution in [1.29, 1.82) is 0 Å². The smallest absolute Gasteiger partial charge is 0.244 e. The molecule has 1 N–H and O–H groups in total. The zero-order valence-corrected chi connectivity index (χ0v) is 12.2. The van der Waals surface area contributed by atoms with Gasteiger partial charge in [-0.1, -0.05) is 25.8 Å². The first-order chi connectivity index (χ1) is 10.1. The largest absolute Gasteiger partial charge is 0.321 e. The van der Waals surface area contributed by atoms with Crippen molar-refractivity contribution in [3.63, 3.8) is 0 Å². The molecule has 1 aromatic carbocycles. The van der Waals surface area contributed by atoms with Crippen LogP contribution in [0, 0.1) is 11.6 Å². The molecule has 1 saturated heterocycles. The Labute approximate surface area is 123 Å². The minimum Gasteiger partial charge on any atom is -0.321 e. The fraction of sp³-hybridized carbons (Fsp3) is 0.562. The zero-order chi connectivity index (χ0) is 15.0. The number of nitrogens with zero attached hydrogens (tertiary/aromatic N) is 1. The van der Waals surface area contributed by atoms with Crippen LogP contribution in [0.2, 0.25) is 0 Å². The second-order valence-electron chi connectivity index (χ2n) is 6.01. The Hall–Kier alpha value is -1.49. The monoisotopic (exact) mass is 294 g/mol. The number of amides is 1. The number of unbranched alkanes of at least 4 members (excludes halogenated alkanes) is 2. The van der Waals surface area contributed by atoms with Crippen LogP contribution in [-0.2, 0) is 4.79 Å². The summed E-state index contributed by atoms with van der Waals surface area (Å²) in [7, 11) is 0. The van der Waals surface area contributed by atoms with Crippen LogP contribution in [-0.4, -0.2) is 22.9 Å². The Morgan fingerprint density at radius 3 is 2.67 bits per heavy atom. The van der Waals surface area contributed by atoms with Crippen LogP contribution >= 0.6 is 0 Å². The van der Waals surface area contributed by atoms with Crippen LogP contribution in [0.1, 0.15) is 50.8 Å². The van der Waals surface area contributed by atoms with Crippen molar-refractivity contribution in [3.05, 3.63) is 35.4 Å². The molecule has 1 heterocycles. The maximum atomic E-state index is 13.5. The highest BCUT2D eigenvalue weighted by atomic mass is 19.2. The summed E-state index contributed by atoms with van der Waals surface area (Å²) in [5.74, 6) is -1.62. The van der Waals surface area contributed by atoms with Crippen molar-refractivity contribution in [3.8, 4) is 0 Å². The van der Waals surface area contributed by atoms with Crippen molar-refractivity contribution in [2.75, 3.05) is 6.54 Å². The lowest BCUT2D eigenvalue weighted by atomic mass is 10.1. The van der Waals surface area contributed by atoms with E-state index in [1.54, 1.807) is 11.0 Å². The lowest BCUT2D eigenvalue weighted by Crippen LogP contribution is -2.33. The lowest BCUT2D eigenvalue weighted by molar-refractivity contribution is -0.130. The van der Waals surface area contributed by atoms with E-state index >= 15 is 0 Å². The van der Waals surface area contributed by atoms with E-state index < -0.39 is 17.2 Å². The number of carbonyl (C=O) groups excluding carboxylic acids is 1. The van der Waals surface area contributed by atoms with Gasteiger partial charge in [-0.2, -0.15) is 0 Å². The van der Waals surface area contributed by atoms with Gasteiger partial charge in [0.1, 0.15) is 11.7 Å². The van der Waals surface area contributed by atoms with Crippen LogP contribution in [0.5, 0.6) is 0 Å². The molecule has 0 radical (unpaired) electrons. The average Bonchev–Trinajstić information content (AvgIpc) is 3.20. The summed E-state index contributed by atoms with van der Waals surface area (Å²) in [6, 6.07) is 3.87. The first kappa shape index (κ1) is 14.4. The Morgan fingerprint density at radius 1 is 1.29 bits per heavy atom. The molecule has 2 fully saturated rings. The summed E-state index contributed by atoms with van der Waals surface area (Å²) >= 11 is 0. The molecule has 114 valence electrons. The van der Waals surface area contributed by atoms with Crippen LogP contribution in [0.3, 0.4) is 0 Å². The molecule has 1 aromatic rings. The summed E-state index contributed by atoms with van der Waals surface area (Å²) in [6.45, 7) is 2.77. The van der Waals surface area contributed by atoms with E-state index in [9.17, 15) is 13.6 Å². The quantitative estimate of drug-likeness (QED) is 0.846. The number of nitrogens with one attached hydrogen (secondary N) is 1. The third-order valence-electron chi connectivity index (χ3n) is 4.41. The summed E-state index contributed by atoms with van der Waals surface area (Å²) in [5.41, 5.74) is 0.171. The topological polar surface area (TPSA) is 32.3 Å². The van der Waals surface area contributed by atoms with Gasteiger partial charge in [0.05, 0.1) is 0 Å². The maximum absolute atomic E-state index is 13.5. The van der Waals surface area contributed by atoms with Crippen molar-refractivity contribution >= 4 is 5.91 Å². The van der Waals surface area contributed by atoms with Crippen LogP contribution in [0.25, 0.3) is 0 Å². The summed E-state index contributed by atoms with van der Waals surface area (Å²) in [6.07, 6.45) is 4.39. The molecule has 1 aliphatic heterocycles. The molecule has 1 aliphatic carbocycles. The van der Waals surface area contributed by atoms with Gasteiger partial charge < -0.3 is 4.90 Å². The fourth-order valence-electron chi connectivity index (χ4n) is 2.99. The predicted octanol–water partition coefficient (Wildman–Crippen LogP) is 3.12. The number of hydrogen-bond acceptors (Lipinski definition) is 2. The van der Waals surface area contributed by atoms with E-state index in [0.717, 1.165) is 38.2 Å². The lowest BCUT2D eigenvalue weighted by Gasteiger charge is -2.24. The van der Waals surface area contributed by atoms with E-state index in [0.29, 0.717) is 12.1 Å². The number of hydrogen-bond donors (Lipinski definition) is 1. The standard InChI is InChI=1S/C16H20F2N2O/c1-2-3-4-9-20-14(19-16(7-8-16)15(20)21)11-5-6-12(17)13(18)10-11/h5-6,10,14,19H,2-4,7-9H2,1H3. The van der Waals surface area contributed by atoms with E-state index in [1.807, 2.05) is 0 Å². The molecular formula is C16H20F2N2O. The van der Waals surface area contributed by atoms with Crippen LogP contribution < -0.4 is 5.32 Å². The first-order valence-corrected chi connectivity index (χ1v) is 7.61. The number of carbonyl (C=O) groups is 1. The molecule has 2 aliphatic rings. The van der Waals surface area contributed by atoms with Gasteiger partial charge in [0.15, 0.2) is 11.6 Å². The fourth-order valence-corrected chi connectivity index (χ4v) is 2.99. The van der Waals surface area contributed by atoms with E-state index in [2.05, 4.69) is 12.2 Å². The molecule has 1 spiro atoms. The second kappa shape index (κ2) is 5.37. The summed E-state index contributed by atoms with van der Waals surface area (Å²) < 4.78 is 26.6. The Bertz CT molecular complexity index is 557. The average molecular weight is 294 g/mol. The highest BCUT2D eigenvalue weighted by Gasteiger charge is 2.59. The van der Waals surface area contributed by atoms with Gasteiger partial charge in [0, 0.05) is 6.54 Å². The second-order valence-corrected chi connectivity index (χ2v) is 6.01. The SMILES string of the molecule is CCCCCN1C(=O)C2(CC2)NC1c1ccc(F)c(F)c1. The first-order valence-electron chi connectivity index (χ1n) is 7.61. The molecule has 5 heteroatoms. The zero-order valence-electron chi connectivity index (χ0n) is 12.2. The molecule has 1 amide bonds. The Morgan fingerprint density at radius 2 is 2.05 bits per heavy atom. The van der Waals surface area contributed by atoms with Gasteiger partial charge in [-0.3, -0.25) is 10.1 Å². The third-order valence-corrected chi connectivity index (χ3v) is 4.41. The molecule has 1 atom stereocenters. The minimum atomic E-state index is -0.869. The summed E-state index contributed by atoms with van der Waals surface area (Å²) in [5, 5.41) is 3.32. The number of halogens is 2.